The highest BCUT2D eigenvalue weighted by atomic mass is 16.7. The maximum absolute atomic E-state index is 6.02. The molecule has 0 radical (unpaired) electrons. The van der Waals surface area contributed by atoms with Gasteiger partial charge in [-0.2, -0.15) is 0 Å². The lowest BCUT2D eigenvalue weighted by Crippen LogP contribution is -2.41. The first-order valence-corrected chi connectivity index (χ1v) is 9.14. The van der Waals surface area contributed by atoms with Crippen molar-refractivity contribution in [3.63, 3.8) is 0 Å². The third kappa shape index (κ3) is 4.38. The van der Waals surface area contributed by atoms with E-state index in [1.54, 1.807) is 0 Å². The van der Waals surface area contributed by atoms with Crippen LogP contribution >= 0.6 is 0 Å². The van der Waals surface area contributed by atoms with Crippen LogP contribution in [-0.4, -0.2) is 18.3 Å². The van der Waals surface area contributed by atoms with Gasteiger partial charge in [-0.15, -0.1) is 0 Å². The van der Waals surface area contributed by atoms with E-state index in [4.69, 9.17) is 14.0 Å². The molecular weight excluding hydrogens is 323 g/mol. The Morgan fingerprint density at radius 3 is 2.19 bits per heavy atom. The second-order valence-electron chi connectivity index (χ2n) is 7.64. The van der Waals surface area contributed by atoms with Crippen molar-refractivity contribution in [2.45, 2.75) is 51.9 Å². The molecule has 0 atom stereocenters. The van der Waals surface area contributed by atoms with Crippen molar-refractivity contribution in [2.24, 2.45) is 0 Å². The average molecular weight is 350 g/mol. The summed E-state index contributed by atoms with van der Waals surface area (Å²) in [4.78, 5) is 0. The number of hydrogen-bond acceptors (Lipinski definition) is 3. The smallest absolute Gasteiger partial charge is 0.486 e. The van der Waals surface area contributed by atoms with Gasteiger partial charge < -0.3 is 14.0 Å². The Bertz CT molecular complexity index is 737. The van der Waals surface area contributed by atoms with Crippen LogP contribution in [0, 0.1) is 0 Å². The summed E-state index contributed by atoms with van der Waals surface area (Å²) >= 11 is 0. The van der Waals surface area contributed by atoms with Gasteiger partial charge in [0.15, 0.2) is 0 Å². The molecule has 1 fully saturated rings. The highest BCUT2D eigenvalue weighted by molar-refractivity contribution is 6.51. The fourth-order valence-corrected chi connectivity index (χ4v) is 2.82. The summed E-state index contributed by atoms with van der Waals surface area (Å²) in [6.07, 6.45) is 2.86. The van der Waals surface area contributed by atoms with Gasteiger partial charge >= 0.3 is 7.12 Å². The Morgan fingerprint density at radius 2 is 1.50 bits per heavy atom. The Morgan fingerprint density at radius 1 is 0.885 bits per heavy atom. The summed E-state index contributed by atoms with van der Waals surface area (Å²) in [5.41, 5.74) is 1.70. The molecule has 4 heteroatoms. The van der Waals surface area contributed by atoms with Gasteiger partial charge in [0.05, 0.1) is 11.2 Å². The van der Waals surface area contributed by atoms with Crippen molar-refractivity contribution in [1.82, 2.24) is 0 Å². The molecule has 0 saturated carbocycles. The zero-order valence-corrected chi connectivity index (χ0v) is 16.1. The van der Waals surface area contributed by atoms with Crippen LogP contribution < -0.4 is 4.74 Å². The molecule has 1 aliphatic heterocycles. The number of benzene rings is 2. The number of rotatable bonds is 6. The van der Waals surface area contributed by atoms with Gasteiger partial charge in [-0.05, 0) is 51.3 Å². The van der Waals surface area contributed by atoms with E-state index in [1.807, 2.05) is 42.4 Å². The van der Waals surface area contributed by atoms with Gasteiger partial charge in [-0.3, -0.25) is 0 Å². The molecule has 26 heavy (non-hydrogen) atoms. The van der Waals surface area contributed by atoms with E-state index in [0.717, 1.165) is 23.3 Å². The minimum Gasteiger partial charge on any atom is -0.489 e. The van der Waals surface area contributed by atoms with Crippen molar-refractivity contribution in [1.29, 1.82) is 0 Å². The molecule has 2 aromatic rings. The van der Waals surface area contributed by atoms with Gasteiger partial charge in [-0.1, -0.05) is 60.6 Å². The van der Waals surface area contributed by atoms with Crippen molar-refractivity contribution < 1.29 is 14.0 Å². The van der Waals surface area contributed by atoms with E-state index in [0.29, 0.717) is 6.61 Å². The van der Waals surface area contributed by atoms with Crippen LogP contribution in [-0.2, 0) is 22.3 Å². The van der Waals surface area contributed by atoms with Gasteiger partial charge in [0.2, 0.25) is 0 Å². The molecule has 3 nitrogen and oxygen atoms in total. The molecule has 1 saturated heterocycles. The molecule has 0 aromatic heterocycles. The van der Waals surface area contributed by atoms with Gasteiger partial charge in [-0.25, -0.2) is 0 Å². The van der Waals surface area contributed by atoms with Gasteiger partial charge in [0.1, 0.15) is 12.4 Å². The lowest BCUT2D eigenvalue weighted by Gasteiger charge is -2.32. The van der Waals surface area contributed by atoms with Crippen LogP contribution in [0.3, 0.4) is 0 Å². The van der Waals surface area contributed by atoms with E-state index in [9.17, 15) is 0 Å². The van der Waals surface area contributed by atoms with Crippen molar-refractivity contribution in [3.8, 4) is 5.75 Å². The van der Waals surface area contributed by atoms with Gasteiger partial charge in [0, 0.05) is 0 Å². The SMILES string of the molecule is CC1(C)OB(/C=C/Cc2ccccc2OCc2ccccc2)OC1(C)C. The second-order valence-corrected chi connectivity index (χ2v) is 7.64. The molecule has 136 valence electrons. The predicted octanol–water partition coefficient (Wildman–Crippen LogP) is 5.00. The number of hydrogen-bond donors (Lipinski definition) is 0. The molecule has 1 aliphatic rings. The molecule has 0 N–H and O–H groups in total. The van der Waals surface area contributed by atoms with Crippen molar-refractivity contribution in [2.75, 3.05) is 0 Å². The fourth-order valence-electron chi connectivity index (χ4n) is 2.82. The van der Waals surface area contributed by atoms with Crippen molar-refractivity contribution >= 4 is 7.12 Å². The third-order valence-corrected chi connectivity index (χ3v) is 5.11. The number of para-hydroxylation sites is 1. The standard InChI is InChI=1S/C22H27BO3/c1-21(2)22(3,4)26-23(25-21)16-10-14-19-13-8-9-15-20(19)24-17-18-11-6-5-7-12-18/h5-13,15-16H,14,17H2,1-4H3/b16-10+. The zero-order chi connectivity index (χ0) is 18.6. The minimum atomic E-state index is -0.308. The molecule has 0 amide bonds. The number of allylic oxidation sites excluding steroid dienone is 1. The predicted molar refractivity (Wildman–Crippen MR) is 106 cm³/mol. The first-order valence-electron chi connectivity index (χ1n) is 9.14. The average Bonchev–Trinajstić information content (AvgIpc) is 2.82. The van der Waals surface area contributed by atoms with Crippen LogP contribution in [0.5, 0.6) is 5.75 Å². The van der Waals surface area contributed by atoms with E-state index < -0.39 is 0 Å². The highest BCUT2D eigenvalue weighted by Gasteiger charge is 2.49. The molecule has 0 bridgehead atoms. The van der Waals surface area contributed by atoms with Crippen LogP contribution in [0.25, 0.3) is 0 Å². The third-order valence-electron chi connectivity index (χ3n) is 5.11. The molecule has 3 rings (SSSR count). The topological polar surface area (TPSA) is 27.7 Å². The van der Waals surface area contributed by atoms with Crippen LogP contribution in [0.2, 0.25) is 0 Å². The first kappa shape index (κ1) is 18.7. The fraction of sp³-hybridized carbons (Fsp3) is 0.364. The van der Waals surface area contributed by atoms with E-state index in [-0.39, 0.29) is 18.3 Å². The van der Waals surface area contributed by atoms with Crippen molar-refractivity contribution in [3.05, 3.63) is 77.8 Å². The summed E-state index contributed by atoms with van der Waals surface area (Å²) in [5.74, 6) is 2.90. The molecule has 1 heterocycles. The molecule has 2 aromatic carbocycles. The molecule has 0 spiro atoms. The Kier molecular flexibility index (Phi) is 5.54. The van der Waals surface area contributed by atoms with E-state index in [1.165, 1.54) is 0 Å². The number of ether oxygens (including phenoxy) is 1. The molecule has 0 aliphatic carbocycles. The normalized spacial score (nSPS) is 18.4. The van der Waals surface area contributed by atoms with Crippen LogP contribution in [0.4, 0.5) is 0 Å². The molecular formula is C22H27BO3. The maximum Gasteiger partial charge on any atom is 0.486 e. The summed E-state index contributed by atoms with van der Waals surface area (Å²) < 4.78 is 18.0. The Labute approximate surface area is 157 Å². The lowest BCUT2D eigenvalue weighted by atomic mass is 9.89. The van der Waals surface area contributed by atoms with Crippen LogP contribution in [0.15, 0.2) is 66.6 Å². The first-order chi connectivity index (χ1) is 12.4. The summed E-state index contributed by atoms with van der Waals surface area (Å²) in [6, 6.07) is 18.3. The lowest BCUT2D eigenvalue weighted by molar-refractivity contribution is 0.00578. The summed E-state index contributed by atoms with van der Waals surface area (Å²) in [7, 11) is -0.308. The van der Waals surface area contributed by atoms with Crippen LogP contribution in [0.1, 0.15) is 38.8 Å². The summed E-state index contributed by atoms with van der Waals surface area (Å²) in [6.45, 7) is 8.82. The largest absolute Gasteiger partial charge is 0.489 e. The molecule has 0 unspecified atom stereocenters. The maximum atomic E-state index is 6.02. The Hall–Kier alpha value is -2.04. The highest BCUT2D eigenvalue weighted by Crippen LogP contribution is 2.36. The summed E-state index contributed by atoms with van der Waals surface area (Å²) in [5, 5.41) is 0. The quantitative estimate of drug-likeness (QED) is 0.687. The van der Waals surface area contributed by atoms with E-state index in [2.05, 4.69) is 52.0 Å². The Balaban J connectivity index is 1.60. The second kappa shape index (κ2) is 7.69. The monoisotopic (exact) mass is 350 g/mol. The zero-order valence-electron chi connectivity index (χ0n) is 16.1. The van der Waals surface area contributed by atoms with Gasteiger partial charge in [0.25, 0.3) is 0 Å². The van der Waals surface area contributed by atoms with E-state index >= 15 is 0 Å². The minimum absolute atomic E-state index is 0.307.